The van der Waals surface area contributed by atoms with Gasteiger partial charge in [0.05, 0.1) is 10.5 Å². The Bertz CT molecular complexity index is 1010. The lowest BCUT2D eigenvalue weighted by Gasteiger charge is -2.34. The number of halogens is 2. The van der Waals surface area contributed by atoms with E-state index in [-0.39, 0.29) is 42.4 Å². The first-order valence-corrected chi connectivity index (χ1v) is 9.99. The van der Waals surface area contributed by atoms with Crippen molar-refractivity contribution in [3.63, 3.8) is 0 Å². The quantitative estimate of drug-likeness (QED) is 0.728. The Morgan fingerprint density at radius 3 is 2.07 bits per heavy atom. The number of piperazine rings is 1. The molecule has 0 spiro atoms. The molecule has 1 heterocycles. The highest BCUT2D eigenvalue weighted by Gasteiger charge is 2.31. The van der Waals surface area contributed by atoms with E-state index in [0.717, 1.165) is 12.1 Å². The van der Waals surface area contributed by atoms with E-state index in [2.05, 4.69) is 0 Å². The lowest BCUT2D eigenvalue weighted by atomic mass is 10.1. The fourth-order valence-electron chi connectivity index (χ4n) is 2.98. The van der Waals surface area contributed by atoms with E-state index >= 15 is 0 Å². The lowest BCUT2D eigenvalue weighted by molar-refractivity contribution is 0.0693. The number of sulfonamides is 1. The van der Waals surface area contributed by atoms with Gasteiger partial charge in [-0.05, 0) is 31.2 Å². The zero-order valence-corrected chi connectivity index (χ0v) is 15.9. The van der Waals surface area contributed by atoms with E-state index in [1.165, 1.54) is 40.4 Å². The number of hydrogen-bond donors (Lipinski definition) is 0. The monoisotopic (exact) mass is 408 g/mol. The number of carbonyl (C=O) groups is 2. The molecule has 0 unspecified atom stereocenters. The van der Waals surface area contributed by atoms with Crippen molar-refractivity contribution in [3.8, 4) is 0 Å². The first-order valence-electron chi connectivity index (χ1n) is 8.55. The topological polar surface area (TPSA) is 74.8 Å². The second-order valence-electron chi connectivity index (χ2n) is 6.40. The maximum Gasteiger partial charge on any atom is 0.256 e. The predicted octanol–water partition coefficient (Wildman–Crippen LogP) is 2.31. The summed E-state index contributed by atoms with van der Waals surface area (Å²) in [6.07, 6.45) is 0. The van der Waals surface area contributed by atoms with Gasteiger partial charge in [0.1, 0.15) is 11.6 Å². The molecular formula is C19H18F2N2O4S. The highest BCUT2D eigenvalue weighted by atomic mass is 32.2. The predicted molar refractivity (Wildman–Crippen MR) is 97.5 cm³/mol. The van der Waals surface area contributed by atoms with Crippen molar-refractivity contribution in [1.29, 1.82) is 0 Å². The Hall–Kier alpha value is -2.65. The normalized spacial score (nSPS) is 15.5. The lowest BCUT2D eigenvalue weighted by Crippen LogP contribution is -2.50. The van der Waals surface area contributed by atoms with Gasteiger partial charge in [0.2, 0.25) is 10.0 Å². The van der Waals surface area contributed by atoms with Crippen molar-refractivity contribution in [1.82, 2.24) is 9.21 Å². The molecule has 28 heavy (non-hydrogen) atoms. The van der Waals surface area contributed by atoms with Crippen LogP contribution in [0.4, 0.5) is 8.78 Å². The van der Waals surface area contributed by atoms with Gasteiger partial charge in [-0.2, -0.15) is 4.31 Å². The molecule has 2 aromatic carbocycles. The van der Waals surface area contributed by atoms with E-state index in [4.69, 9.17) is 0 Å². The number of rotatable bonds is 4. The summed E-state index contributed by atoms with van der Waals surface area (Å²) in [4.78, 5) is 25.1. The summed E-state index contributed by atoms with van der Waals surface area (Å²) in [5, 5.41) is 0. The van der Waals surface area contributed by atoms with E-state index in [1.807, 2.05) is 0 Å². The summed E-state index contributed by atoms with van der Waals surface area (Å²) in [5.41, 5.74) is 0.160. The van der Waals surface area contributed by atoms with Gasteiger partial charge in [-0.25, -0.2) is 17.2 Å². The van der Waals surface area contributed by atoms with Crippen LogP contribution in [0.15, 0.2) is 47.4 Å². The molecule has 2 aromatic rings. The summed E-state index contributed by atoms with van der Waals surface area (Å²) >= 11 is 0. The number of Topliss-reactive ketones (excluding diaryl/α,β-unsaturated/α-hetero) is 1. The summed E-state index contributed by atoms with van der Waals surface area (Å²) in [7, 11) is -3.77. The Balaban J connectivity index is 1.70. The van der Waals surface area contributed by atoms with Crippen LogP contribution in [0.3, 0.4) is 0 Å². The second kappa shape index (κ2) is 7.76. The largest absolute Gasteiger partial charge is 0.336 e. The van der Waals surface area contributed by atoms with Crippen molar-refractivity contribution in [2.24, 2.45) is 0 Å². The van der Waals surface area contributed by atoms with Crippen LogP contribution in [-0.2, 0) is 10.0 Å². The molecule has 0 saturated carbocycles. The third-order valence-corrected chi connectivity index (χ3v) is 6.50. The summed E-state index contributed by atoms with van der Waals surface area (Å²) in [6.45, 7) is 1.65. The number of hydrogen-bond acceptors (Lipinski definition) is 4. The van der Waals surface area contributed by atoms with Gasteiger partial charge in [-0.1, -0.05) is 12.1 Å². The van der Waals surface area contributed by atoms with E-state index in [0.29, 0.717) is 11.6 Å². The molecule has 6 nitrogen and oxygen atoms in total. The molecule has 0 aromatic heterocycles. The molecule has 0 aliphatic carbocycles. The highest BCUT2D eigenvalue weighted by molar-refractivity contribution is 7.89. The van der Waals surface area contributed by atoms with Crippen molar-refractivity contribution < 1.29 is 26.8 Å². The maximum atomic E-state index is 13.8. The minimum atomic E-state index is -3.77. The third-order valence-electron chi connectivity index (χ3n) is 4.59. The maximum absolute atomic E-state index is 13.8. The summed E-state index contributed by atoms with van der Waals surface area (Å²) in [5.74, 6) is -2.50. The van der Waals surface area contributed by atoms with E-state index in [1.54, 1.807) is 0 Å². The molecule has 1 aliphatic heterocycles. The number of ketones is 1. The van der Waals surface area contributed by atoms with E-state index in [9.17, 15) is 26.8 Å². The molecule has 0 N–H and O–H groups in total. The molecule has 0 atom stereocenters. The zero-order chi connectivity index (χ0) is 20.5. The Labute approximate surface area is 161 Å². The average molecular weight is 408 g/mol. The van der Waals surface area contributed by atoms with Crippen LogP contribution < -0.4 is 0 Å². The zero-order valence-electron chi connectivity index (χ0n) is 15.1. The van der Waals surface area contributed by atoms with Crippen molar-refractivity contribution >= 4 is 21.7 Å². The van der Waals surface area contributed by atoms with Crippen LogP contribution in [0.25, 0.3) is 0 Å². The fraction of sp³-hybridized carbons (Fsp3) is 0.263. The van der Waals surface area contributed by atoms with Gasteiger partial charge < -0.3 is 4.90 Å². The number of benzene rings is 2. The van der Waals surface area contributed by atoms with E-state index < -0.39 is 27.6 Å². The van der Waals surface area contributed by atoms with Gasteiger partial charge in [-0.15, -0.1) is 0 Å². The van der Waals surface area contributed by atoms with Crippen LogP contribution in [0.2, 0.25) is 0 Å². The first-order chi connectivity index (χ1) is 13.2. The first kappa shape index (κ1) is 20.1. The molecule has 3 rings (SSSR count). The number of amides is 1. The molecule has 148 valence electrons. The molecule has 1 amide bonds. The smallest absolute Gasteiger partial charge is 0.256 e. The molecular weight excluding hydrogens is 390 g/mol. The minimum Gasteiger partial charge on any atom is -0.336 e. The Morgan fingerprint density at radius 1 is 0.929 bits per heavy atom. The number of nitrogens with zero attached hydrogens (tertiary/aromatic N) is 2. The minimum absolute atomic E-state index is 0.0470. The molecule has 1 fully saturated rings. The van der Waals surface area contributed by atoms with Gasteiger partial charge >= 0.3 is 0 Å². The second-order valence-corrected chi connectivity index (χ2v) is 8.34. The van der Waals surface area contributed by atoms with Crippen LogP contribution in [0, 0.1) is 11.6 Å². The molecule has 9 heteroatoms. The van der Waals surface area contributed by atoms with Crippen LogP contribution in [0.1, 0.15) is 27.6 Å². The average Bonchev–Trinajstić information content (AvgIpc) is 2.67. The van der Waals surface area contributed by atoms with Gasteiger partial charge in [0, 0.05) is 37.8 Å². The number of carbonyl (C=O) groups excluding carboxylic acids is 2. The molecule has 1 aliphatic rings. The van der Waals surface area contributed by atoms with Gasteiger partial charge in [0.15, 0.2) is 5.78 Å². The SMILES string of the molecule is CC(=O)c1ccc(S(=O)(=O)N2CCN(C(=O)c3ccc(F)cc3F)CC2)cc1. The van der Waals surface area contributed by atoms with Crippen molar-refractivity contribution in [2.75, 3.05) is 26.2 Å². The Kier molecular flexibility index (Phi) is 5.57. The van der Waals surface area contributed by atoms with Gasteiger partial charge in [0.25, 0.3) is 5.91 Å². The highest BCUT2D eigenvalue weighted by Crippen LogP contribution is 2.20. The van der Waals surface area contributed by atoms with Crippen LogP contribution in [-0.4, -0.2) is 55.5 Å². The van der Waals surface area contributed by atoms with Crippen LogP contribution in [0.5, 0.6) is 0 Å². The molecule has 0 bridgehead atoms. The summed E-state index contributed by atoms with van der Waals surface area (Å²) < 4.78 is 53.5. The fourth-order valence-corrected chi connectivity index (χ4v) is 4.40. The molecule has 1 saturated heterocycles. The van der Waals surface area contributed by atoms with Crippen molar-refractivity contribution in [2.45, 2.75) is 11.8 Å². The summed E-state index contributed by atoms with van der Waals surface area (Å²) in [6, 6.07) is 8.36. The Morgan fingerprint density at radius 2 is 1.54 bits per heavy atom. The standard InChI is InChI=1S/C19H18F2N2O4S/c1-13(24)14-2-5-16(6-3-14)28(26,27)23-10-8-22(9-11-23)19(25)17-7-4-15(20)12-18(17)21/h2-7,12H,8-11H2,1H3. The molecule has 0 radical (unpaired) electrons. The van der Waals surface area contributed by atoms with Crippen molar-refractivity contribution in [3.05, 3.63) is 65.2 Å². The van der Waals surface area contributed by atoms with Crippen LogP contribution >= 0.6 is 0 Å². The third kappa shape index (κ3) is 3.95. The van der Waals surface area contributed by atoms with Gasteiger partial charge in [-0.3, -0.25) is 9.59 Å².